The lowest BCUT2D eigenvalue weighted by Gasteiger charge is -2.17. The van der Waals surface area contributed by atoms with E-state index in [1.54, 1.807) is 0 Å². The number of ether oxygens (including phenoxy) is 2. The number of fused-ring (bicyclic) bond motifs is 5. The van der Waals surface area contributed by atoms with E-state index in [9.17, 15) is 19.5 Å². The number of carboxylic acid groups (broad SMARTS) is 1. The monoisotopic (exact) mass is 531 g/mol. The third kappa shape index (κ3) is 4.73. The summed E-state index contributed by atoms with van der Waals surface area (Å²) in [5.74, 6) is -1.98. The summed E-state index contributed by atoms with van der Waals surface area (Å²) in [6.45, 7) is 0.0264. The van der Waals surface area contributed by atoms with Crippen molar-refractivity contribution in [3.63, 3.8) is 0 Å². The summed E-state index contributed by atoms with van der Waals surface area (Å²) < 4.78 is 11.2. The number of nitrogens with one attached hydrogen (secondary N) is 1. The number of alkyl carbamates (subject to hydrolysis) is 1. The normalized spacial score (nSPS) is 12.9. The second kappa shape index (κ2) is 10.5. The number of amides is 1. The first-order valence-electron chi connectivity index (χ1n) is 12.9. The summed E-state index contributed by atoms with van der Waals surface area (Å²) in [6, 6.07) is 31.3. The fourth-order valence-corrected chi connectivity index (χ4v) is 5.39. The maximum Gasteiger partial charge on any atom is 0.407 e. The number of esters is 1. The van der Waals surface area contributed by atoms with Crippen molar-refractivity contribution in [3.8, 4) is 16.9 Å². The molecule has 0 bridgehead atoms. The molecular formula is C33H25NO6. The highest BCUT2D eigenvalue weighted by Crippen LogP contribution is 2.44. The van der Waals surface area contributed by atoms with Crippen molar-refractivity contribution in [2.24, 2.45) is 0 Å². The Kier molecular flexibility index (Phi) is 6.62. The van der Waals surface area contributed by atoms with E-state index in [0.29, 0.717) is 5.75 Å². The van der Waals surface area contributed by atoms with Crippen molar-refractivity contribution in [2.75, 3.05) is 6.61 Å². The molecule has 0 saturated carbocycles. The predicted octanol–water partition coefficient (Wildman–Crippen LogP) is 6.28. The van der Waals surface area contributed by atoms with Gasteiger partial charge in [0.15, 0.2) is 0 Å². The van der Waals surface area contributed by atoms with Gasteiger partial charge in [0.05, 0.1) is 6.42 Å². The van der Waals surface area contributed by atoms with Crippen LogP contribution in [0.3, 0.4) is 0 Å². The number of hydrogen-bond donors (Lipinski definition) is 2. The Balaban J connectivity index is 1.15. The fraction of sp³-hybridized carbons (Fsp3) is 0.121. The number of carbonyl (C=O) groups excluding carboxylic acids is 2. The third-order valence-electron chi connectivity index (χ3n) is 7.24. The molecule has 1 amide bonds. The predicted molar refractivity (Wildman–Crippen MR) is 151 cm³/mol. The van der Waals surface area contributed by atoms with Gasteiger partial charge in [-0.2, -0.15) is 0 Å². The molecule has 198 valence electrons. The number of benzene rings is 5. The minimum absolute atomic E-state index is 0.0264. The van der Waals surface area contributed by atoms with Crippen molar-refractivity contribution < 1.29 is 29.0 Å². The lowest BCUT2D eigenvalue weighted by molar-refractivity contribution is -0.144. The van der Waals surface area contributed by atoms with Crippen LogP contribution in [0.15, 0.2) is 103 Å². The summed E-state index contributed by atoms with van der Waals surface area (Å²) in [5, 5.41) is 15.3. The standard InChI is InChI=1S/C33H25NO6/c35-30(40-31-22-11-3-1-9-20(22)17-21-10-2-4-12-23(21)31)18-29(32(36)37)34-33(38)39-19-28-26-15-7-5-13-24(26)25-14-6-8-16-27(25)28/h1-17,28-29H,18-19H2,(H,34,38)(H,36,37)/t29-/m1/s1. The van der Waals surface area contributed by atoms with Crippen LogP contribution in [0.1, 0.15) is 23.5 Å². The van der Waals surface area contributed by atoms with Crippen molar-refractivity contribution in [2.45, 2.75) is 18.4 Å². The minimum Gasteiger partial charge on any atom is -0.480 e. The van der Waals surface area contributed by atoms with E-state index in [4.69, 9.17) is 9.47 Å². The molecule has 5 aromatic rings. The number of carbonyl (C=O) groups is 3. The average Bonchev–Trinajstić information content (AvgIpc) is 3.29. The van der Waals surface area contributed by atoms with Crippen LogP contribution in [0.5, 0.6) is 5.75 Å². The number of aliphatic carboxylic acids is 1. The van der Waals surface area contributed by atoms with Gasteiger partial charge in [-0.25, -0.2) is 9.59 Å². The lowest BCUT2D eigenvalue weighted by Crippen LogP contribution is -2.43. The van der Waals surface area contributed by atoms with E-state index in [0.717, 1.165) is 43.8 Å². The highest BCUT2D eigenvalue weighted by molar-refractivity contribution is 6.06. The molecule has 5 aromatic carbocycles. The number of hydrogen-bond acceptors (Lipinski definition) is 5. The molecule has 1 aliphatic carbocycles. The second-order valence-electron chi connectivity index (χ2n) is 9.69. The van der Waals surface area contributed by atoms with Crippen LogP contribution in [-0.2, 0) is 14.3 Å². The first kappa shape index (κ1) is 25.1. The van der Waals surface area contributed by atoms with Crippen LogP contribution in [0.2, 0.25) is 0 Å². The second-order valence-corrected chi connectivity index (χ2v) is 9.69. The topological polar surface area (TPSA) is 102 Å². The van der Waals surface area contributed by atoms with Crippen molar-refractivity contribution >= 4 is 39.6 Å². The molecule has 0 fully saturated rings. The summed E-state index contributed by atoms with van der Waals surface area (Å²) in [7, 11) is 0. The Labute approximate surface area is 230 Å². The first-order chi connectivity index (χ1) is 19.5. The molecule has 0 aromatic heterocycles. The molecule has 7 heteroatoms. The van der Waals surface area contributed by atoms with Gasteiger partial charge in [0.2, 0.25) is 0 Å². The quantitative estimate of drug-likeness (QED) is 0.146. The Morgan fingerprint density at radius 3 is 1.85 bits per heavy atom. The Bertz CT molecular complexity index is 1680. The van der Waals surface area contributed by atoms with Crippen LogP contribution in [-0.4, -0.2) is 35.8 Å². The van der Waals surface area contributed by atoms with Gasteiger partial charge < -0.3 is 19.9 Å². The van der Waals surface area contributed by atoms with E-state index in [2.05, 4.69) is 5.32 Å². The summed E-state index contributed by atoms with van der Waals surface area (Å²) in [5.41, 5.74) is 4.24. The van der Waals surface area contributed by atoms with E-state index < -0.39 is 30.5 Å². The molecule has 1 aliphatic rings. The zero-order chi connectivity index (χ0) is 27.6. The summed E-state index contributed by atoms with van der Waals surface area (Å²) in [6.07, 6.45) is -1.49. The molecule has 0 unspecified atom stereocenters. The van der Waals surface area contributed by atoms with Crippen LogP contribution >= 0.6 is 0 Å². The molecule has 0 saturated heterocycles. The van der Waals surface area contributed by atoms with E-state index in [1.807, 2.05) is 103 Å². The van der Waals surface area contributed by atoms with Gasteiger partial charge >= 0.3 is 18.0 Å². The molecule has 0 spiro atoms. The van der Waals surface area contributed by atoms with Crippen LogP contribution in [0.4, 0.5) is 4.79 Å². The van der Waals surface area contributed by atoms with Gasteiger partial charge in [-0.05, 0) is 39.1 Å². The number of carboxylic acids is 1. The van der Waals surface area contributed by atoms with Crippen molar-refractivity contribution in [1.82, 2.24) is 5.32 Å². The Morgan fingerprint density at radius 2 is 1.27 bits per heavy atom. The zero-order valence-electron chi connectivity index (χ0n) is 21.4. The SMILES string of the molecule is O=C(C[C@@H](NC(=O)OCC1c2ccccc2-c2ccccc21)C(=O)O)Oc1c2ccccc2cc2ccccc12. The fourth-order valence-electron chi connectivity index (χ4n) is 5.39. The highest BCUT2D eigenvalue weighted by atomic mass is 16.6. The largest absolute Gasteiger partial charge is 0.480 e. The molecule has 6 rings (SSSR count). The molecule has 0 radical (unpaired) electrons. The zero-order valence-corrected chi connectivity index (χ0v) is 21.4. The molecule has 1 atom stereocenters. The maximum atomic E-state index is 13.0. The summed E-state index contributed by atoms with van der Waals surface area (Å²) >= 11 is 0. The van der Waals surface area contributed by atoms with E-state index >= 15 is 0 Å². The highest BCUT2D eigenvalue weighted by Gasteiger charge is 2.30. The summed E-state index contributed by atoms with van der Waals surface area (Å²) in [4.78, 5) is 37.6. The molecule has 0 aliphatic heterocycles. The van der Waals surface area contributed by atoms with Gasteiger partial charge in [-0.15, -0.1) is 0 Å². The third-order valence-corrected chi connectivity index (χ3v) is 7.24. The van der Waals surface area contributed by atoms with Gasteiger partial charge in [0.1, 0.15) is 18.4 Å². The average molecular weight is 532 g/mol. The minimum atomic E-state index is -1.52. The first-order valence-corrected chi connectivity index (χ1v) is 12.9. The number of rotatable bonds is 7. The molecular weight excluding hydrogens is 506 g/mol. The van der Waals surface area contributed by atoms with Crippen LogP contribution in [0.25, 0.3) is 32.7 Å². The molecule has 7 nitrogen and oxygen atoms in total. The Morgan fingerprint density at radius 1 is 0.750 bits per heavy atom. The van der Waals surface area contributed by atoms with Gasteiger partial charge in [-0.3, -0.25) is 4.79 Å². The molecule has 40 heavy (non-hydrogen) atoms. The Hall–Kier alpha value is -5.17. The van der Waals surface area contributed by atoms with Crippen molar-refractivity contribution in [3.05, 3.63) is 114 Å². The van der Waals surface area contributed by atoms with Crippen LogP contribution in [0, 0.1) is 0 Å². The van der Waals surface area contributed by atoms with Gasteiger partial charge in [-0.1, -0.05) is 97.1 Å². The van der Waals surface area contributed by atoms with Gasteiger partial charge in [0.25, 0.3) is 0 Å². The molecule has 0 heterocycles. The van der Waals surface area contributed by atoms with E-state index in [-0.39, 0.29) is 12.5 Å². The maximum absolute atomic E-state index is 13.0. The van der Waals surface area contributed by atoms with Crippen molar-refractivity contribution in [1.29, 1.82) is 0 Å². The van der Waals surface area contributed by atoms with Crippen LogP contribution < -0.4 is 10.1 Å². The smallest absolute Gasteiger partial charge is 0.407 e. The molecule has 2 N–H and O–H groups in total. The lowest BCUT2D eigenvalue weighted by atomic mass is 9.98. The van der Waals surface area contributed by atoms with E-state index in [1.165, 1.54) is 0 Å². The van der Waals surface area contributed by atoms with Gasteiger partial charge in [0, 0.05) is 16.7 Å².